The van der Waals surface area contributed by atoms with Crippen LogP contribution < -0.4 is 24.8 Å². The first-order chi connectivity index (χ1) is 18.4. The van der Waals surface area contributed by atoms with Crippen molar-refractivity contribution >= 4 is 33.1 Å². The molecule has 1 heterocycles. The van der Waals surface area contributed by atoms with Crippen molar-refractivity contribution in [3.8, 4) is 23.0 Å². The number of carbonyl (C=O) groups is 1. The second-order valence-electron chi connectivity index (χ2n) is 9.29. The predicted octanol–water partition coefficient (Wildman–Crippen LogP) is 6.94. The molecule has 0 bridgehead atoms. The van der Waals surface area contributed by atoms with Gasteiger partial charge in [-0.15, -0.1) is 0 Å². The molecule has 2 atom stereocenters. The maximum atomic E-state index is 13.9. The Morgan fingerprint density at radius 3 is 2.37 bits per heavy atom. The van der Waals surface area contributed by atoms with Crippen molar-refractivity contribution < 1.29 is 24.1 Å². The SMILES string of the molecule is CCOc1ccc([C@@H]2CC(=O)C3=C(C2)Nc2ccccc2N[C@@H]3c2cc(Br)c(O)c(OCC)c2)cc1OC. The number of hydrogen-bond donors (Lipinski definition) is 3. The summed E-state index contributed by atoms with van der Waals surface area (Å²) in [6.07, 6.45) is 1.02. The topological polar surface area (TPSA) is 89.1 Å². The fraction of sp³-hybridized carbons (Fsp3) is 0.300. The molecule has 0 fully saturated rings. The van der Waals surface area contributed by atoms with Crippen molar-refractivity contribution in [2.75, 3.05) is 31.0 Å². The normalized spacial score (nSPS) is 18.5. The van der Waals surface area contributed by atoms with E-state index < -0.39 is 6.04 Å². The molecule has 0 saturated carbocycles. The lowest BCUT2D eigenvalue weighted by atomic mass is 9.78. The molecule has 0 radical (unpaired) electrons. The Morgan fingerprint density at radius 2 is 1.63 bits per heavy atom. The minimum Gasteiger partial charge on any atom is -0.503 e. The van der Waals surface area contributed by atoms with Gasteiger partial charge in [-0.2, -0.15) is 0 Å². The summed E-state index contributed by atoms with van der Waals surface area (Å²) < 4.78 is 17.5. The van der Waals surface area contributed by atoms with E-state index in [2.05, 4.69) is 26.6 Å². The summed E-state index contributed by atoms with van der Waals surface area (Å²) in [5, 5.41) is 17.6. The first kappa shape index (κ1) is 26.0. The third-order valence-electron chi connectivity index (χ3n) is 6.95. The number of phenolic OH excluding ortho intramolecular Hbond substituents is 1. The van der Waals surface area contributed by atoms with Gasteiger partial charge in [0.25, 0.3) is 0 Å². The van der Waals surface area contributed by atoms with E-state index in [1.807, 2.05) is 62.4 Å². The van der Waals surface area contributed by atoms with Crippen LogP contribution in [0.3, 0.4) is 0 Å². The number of Topliss-reactive ketones (excluding diaryl/α,β-unsaturated/α-hetero) is 1. The molecule has 3 N–H and O–H groups in total. The standard InChI is InChI=1S/C30H31BrN2O5/c1-4-37-25-11-10-17(15-26(25)36-3)18-13-23-28(24(34)14-18)29(33-22-9-7-6-8-21(22)32-23)19-12-20(31)30(35)27(16-19)38-5-2/h6-12,15-16,18,29,32-33,35H,4-5,13-14H2,1-3H3/t18-,29+/m0/s1. The van der Waals surface area contributed by atoms with E-state index in [-0.39, 0.29) is 17.5 Å². The fourth-order valence-electron chi connectivity index (χ4n) is 5.22. The average Bonchev–Trinajstić information content (AvgIpc) is 3.08. The highest BCUT2D eigenvalue weighted by Crippen LogP contribution is 2.47. The molecule has 1 aliphatic heterocycles. The van der Waals surface area contributed by atoms with Crippen LogP contribution in [0.1, 0.15) is 49.8 Å². The van der Waals surface area contributed by atoms with Crippen LogP contribution in [0.25, 0.3) is 0 Å². The minimum atomic E-state index is -0.430. The van der Waals surface area contributed by atoms with Crippen molar-refractivity contribution in [2.24, 2.45) is 0 Å². The predicted molar refractivity (Wildman–Crippen MR) is 152 cm³/mol. The number of ether oxygens (including phenoxy) is 3. The summed E-state index contributed by atoms with van der Waals surface area (Å²) in [5.74, 6) is 1.80. The fourth-order valence-corrected chi connectivity index (χ4v) is 5.68. The van der Waals surface area contributed by atoms with Crippen molar-refractivity contribution in [1.29, 1.82) is 0 Å². The van der Waals surface area contributed by atoms with Crippen LogP contribution in [0.2, 0.25) is 0 Å². The van der Waals surface area contributed by atoms with Gasteiger partial charge in [-0.3, -0.25) is 4.79 Å². The van der Waals surface area contributed by atoms with Crippen LogP contribution in [0.15, 0.2) is 70.3 Å². The van der Waals surface area contributed by atoms with E-state index >= 15 is 0 Å². The van der Waals surface area contributed by atoms with Crippen LogP contribution in [0.4, 0.5) is 11.4 Å². The van der Waals surface area contributed by atoms with Gasteiger partial charge >= 0.3 is 0 Å². The number of benzene rings is 3. The van der Waals surface area contributed by atoms with Crippen molar-refractivity contribution in [3.63, 3.8) is 0 Å². The summed E-state index contributed by atoms with van der Waals surface area (Å²) >= 11 is 3.46. The first-order valence-electron chi connectivity index (χ1n) is 12.8. The number of aromatic hydroxyl groups is 1. The zero-order chi connectivity index (χ0) is 26.8. The maximum Gasteiger partial charge on any atom is 0.172 e. The molecule has 0 amide bonds. The quantitative estimate of drug-likeness (QED) is 0.280. The molecule has 38 heavy (non-hydrogen) atoms. The summed E-state index contributed by atoms with van der Waals surface area (Å²) in [5.41, 5.74) is 5.21. The van der Waals surface area contributed by atoms with Gasteiger partial charge in [0.15, 0.2) is 28.8 Å². The Labute approximate surface area is 230 Å². The van der Waals surface area contributed by atoms with Crippen LogP contribution >= 0.6 is 15.9 Å². The molecular formula is C30H31BrN2O5. The van der Waals surface area contributed by atoms with E-state index in [0.717, 1.165) is 28.2 Å². The largest absolute Gasteiger partial charge is 0.503 e. The summed E-state index contributed by atoms with van der Waals surface area (Å²) in [6.45, 7) is 4.76. The van der Waals surface area contributed by atoms with Gasteiger partial charge < -0.3 is 30.0 Å². The number of carbonyl (C=O) groups excluding carboxylic acids is 1. The number of anilines is 2. The molecule has 3 aromatic rings. The molecule has 5 rings (SSSR count). The number of methoxy groups -OCH3 is 1. The van der Waals surface area contributed by atoms with Crippen molar-refractivity contribution in [1.82, 2.24) is 0 Å². The molecule has 0 aromatic heterocycles. The molecular weight excluding hydrogens is 548 g/mol. The third kappa shape index (κ3) is 4.92. The third-order valence-corrected chi connectivity index (χ3v) is 7.56. The number of para-hydroxylation sites is 2. The summed E-state index contributed by atoms with van der Waals surface area (Å²) in [4.78, 5) is 13.9. The summed E-state index contributed by atoms with van der Waals surface area (Å²) in [6, 6.07) is 17.0. The van der Waals surface area contributed by atoms with Gasteiger partial charge in [-0.05, 0) is 89.6 Å². The molecule has 0 saturated heterocycles. The lowest BCUT2D eigenvalue weighted by Gasteiger charge is -2.30. The lowest BCUT2D eigenvalue weighted by molar-refractivity contribution is -0.116. The van der Waals surface area contributed by atoms with E-state index in [4.69, 9.17) is 14.2 Å². The highest BCUT2D eigenvalue weighted by atomic mass is 79.9. The number of ketones is 1. The van der Waals surface area contributed by atoms with Crippen LogP contribution in [0, 0.1) is 0 Å². The van der Waals surface area contributed by atoms with Crippen LogP contribution in [-0.4, -0.2) is 31.2 Å². The van der Waals surface area contributed by atoms with Gasteiger partial charge in [0.05, 0.1) is 42.2 Å². The van der Waals surface area contributed by atoms with E-state index in [1.165, 1.54) is 0 Å². The number of phenols is 1. The van der Waals surface area contributed by atoms with E-state index in [0.29, 0.717) is 53.3 Å². The number of halogens is 1. The number of allylic oxidation sites excluding steroid dienone is 1. The monoisotopic (exact) mass is 578 g/mol. The first-order valence-corrected chi connectivity index (χ1v) is 13.6. The number of rotatable bonds is 7. The molecule has 3 aromatic carbocycles. The highest BCUT2D eigenvalue weighted by molar-refractivity contribution is 9.10. The van der Waals surface area contributed by atoms with E-state index in [9.17, 15) is 9.90 Å². The Morgan fingerprint density at radius 1 is 0.921 bits per heavy atom. The van der Waals surface area contributed by atoms with Crippen molar-refractivity contribution in [2.45, 2.75) is 38.6 Å². The average molecular weight is 579 g/mol. The zero-order valence-electron chi connectivity index (χ0n) is 21.6. The lowest BCUT2D eigenvalue weighted by Crippen LogP contribution is -2.27. The van der Waals surface area contributed by atoms with Gasteiger partial charge in [-0.25, -0.2) is 0 Å². The van der Waals surface area contributed by atoms with Crippen molar-refractivity contribution in [3.05, 3.63) is 81.5 Å². The number of nitrogens with one attached hydrogen (secondary N) is 2. The zero-order valence-corrected chi connectivity index (χ0v) is 23.2. The second kappa shape index (κ2) is 11.0. The van der Waals surface area contributed by atoms with Gasteiger partial charge in [0.2, 0.25) is 0 Å². The Bertz CT molecular complexity index is 1400. The molecule has 198 valence electrons. The van der Waals surface area contributed by atoms with E-state index in [1.54, 1.807) is 13.2 Å². The smallest absolute Gasteiger partial charge is 0.172 e. The van der Waals surface area contributed by atoms with Gasteiger partial charge in [-0.1, -0.05) is 18.2 Å². The Kier molecular flexibility index (Phi) is 7.51. The maximum absolute atomic E-state index is 13.9. The number of fused-ring (bicyclic) bond motifs is 1. The molecule has 0 unspecified atom stereocenters. The molecule has 7 nitrogen and oxygen atoms in total. The van der Waals surface area contributed by atoms with Gasteiger partial charge in [0.1, 0.15) is 0 Å². The van der Waals surface area contributed by atoms with Crippen LogP contribution in [0.5, 0.6) is 23.0 Å². The molecule has 0 spiro atoms. The minimum absolute atomic E-state index is 0.0187. The molecule has 2 aliphatic rings. The second-order valence-corrected chi connectivity index (χ2v) is 10.1. The Hall–Kier alpha value is -3.65. The Balaban J connectivity index is 1.59. The highest BCUT2D eigenvalue weighted by Gasteiger charge is 2.36. The van der Waals surface area contributed by atoms with Gasteiger partial charge in [0, 0.05) is 17.7 Å². The molecule has 1 aliphatic carbocycles. The van der Waals surface area contributed by atoms with Crippen LogP contribution in [-0.2, 0) is 4.79 Å². The summed E-state index contributed by atoms with van der Waals surface area (Å²) in [7, 11) is 1.63. The number of hydrogen-bond acceptors (Lipinski definition) is 7. The molecule has 8 heteroatoms.